The largest absolute Gasteiger partial charge is 0.497 e. The average molecular weight is 418 g/mol. The Morgan fingerprint density at radius 1 is 1.24 bits per heavy atom. The summed E-state index contributed by atoms with van der Waals surface area (Å²) in [5.41, 5.74) is 2.84. The lowest BCUT2D eigenvalue weighted by Gasteiger charge is -2.14. The molecule has 1 saturated heterocycles. The maximum absolute atomic E-state index is 12.2. The summed E-state index contributed by atoms with van der Waals surface area (Å²) in [7, 11) is 3.27. The summed E-state index contributed by atoms with van der Waals surface area (Å²) in [4.78, 5) is 12.2. The van der Waals surface area contributed by atoms with Crippen molar-refractivity contribution in [3.8, 4) is 28.4 Å². The lowest BCUT2D eigenvalue weighted by atomic mass is 9.99. The SMILES string of the molecule is COc1ccc(OC)c(-c2cc(Cl)c3c(c2)C[C@@H](CNC(=O)[C@@H]2CCOC2)O3)c1. The van der Waals surface area contributed by atoms with Crippen molar-refractivity contribution in [2.75, 3.05) is 34.0 Å². The van der Waals surface area contributed by atoms with Crippen molar-refractivity contribution >= 4 is 17.5 Å². The van der Waals surface area contributed by atoms with Crippen LogP contribution in [0.5, 0.6) is 17.2 Å². The minimum absolute atomic E-state index is 0.0231. The predicted octanol–water partition coefficient (Wildman–Crippen LogP) is 3.48. The lowest BCUT2D eigenvalue weighted by Crippen LogP contribution is -2.38. The summed E-state index contributed by atoms with van der Waals surface area (Å²) in [6, 6.07) is 9.58. The third kappa shape index (κ3) is 4.14. The fourth-order valence-electron chi connectivity index (χ4n) is 3.80. The van der Waals surface area contributed by atoms with E-state index in [0.717, 1.165) is 34.6 Å². The number of nitrogens with one attached hydrogen (secondary N) is 1. The molecule has 2 aromatic carbocycles. The summed E-state index contributed by atoms with van der Waals surface area (Å²) in [6.45, 7) is 1.59. The number of benzene rings is 2. The first-order valence-corrected chi connectivity index (χ1v) is 10.0. The monoisotopic (exact) mass is 417 g/mol. The van der Waals surface area contributed by atoms with Crippen LogP contribution in [0.2, 0.25) is 5.02 Å². The Balaban J connectivity index is 1.50. The van der Waals surface area contributed by atoms with E-state index >= 15 is 0 Å². The molecule has 7 heteroatoms. The first-order chi connectivity index (χ1) is 14.1. The highest BCUT2D eigenvalue weighted by Gasteiger charge is 2.29. The van der Waals surface area contributed by atoms with E-state index in [4.69, 9.17) is 30.5 Å². The molecule has 0 saturated carbocycles. The van der Waals surface area contributed by atoms with E-state index in [9.17, 15) is 4.79 Å². The number of amides is 1. The van der Waals surface area contributed by atoms with Crippen LogP contribution in [-0.2, 0) is 16.0 Å². The van der Waals surface area contributed by atoms with Gasteiger partial charge in [-0.05, 0) is 42.3 Å². The number of rotatable bonds is 6. The van der Waals surface area contributed by atoms with Crippen molar-refractivity contribution in [3.63, 3.8) is 0 Å². The van der Waals surface area contributed by atoms with Gasteiger partial charge in [-0.15, -0.1) is 0 Å². The summed E-state index contributed by atoms with van der Waals surface area (Å²) < 4.78 is 22.1. The Kier molecular flexibility index (Phi) is 5.83. The molecule has 6 nitrogen and oxygen atoms in total. The molecular weight excluding hydrogens is 394 g/mol. The molecule has 2 aliphatic rings. The van der Waals surface area contributed by atoms with Gasteiger partial charge in [-0.3, -0.25) is 4.79 Å². The van der Waals surface area contributed by atoms with Gasteiger partial charge in [0.25, 0.3) is 0 Å². The number of hydrogen-bond donors (Lipinski definition) is 1. The van der Waals surface area contributed by atoms with Crippen LogP contribution in [0.4, 0.5) is 0 Å². The van der Waals surface area contributed by atoms with Crippen molar-refractivity contribution in [1.82, 2.24) is 5.32 Å². The Morgan fingerprint density at radius 2 is 2.10 bits per heavy atom. The van der Waals surface area contributed by atoms with Gasteiger partial charge in [0.05, 0.1) is 38.3 Å². The number of hydrogen-bond acceptors (Lipinski definition) is 5. The second-order valence-corrected chi connectivity index (χ2v) is 7.67. The molecule has 0 radical (unpaired) electrons. The fraction of sp³-hybridized carbons (Fsp3) is 0.409. The standard InChI is InChI=1S/C22H24ClNO5/c1-26-16-3-4-20(27-2)18(10-16)14-7-15-8-17(29-21(15)19(23)9-14)11-24-22(25)13-5-6-28-12-13/h3-4,7,9-10,13,17H,5-6,8,11-12H2,1-2H3,(H,24,25)/t13-,17+/m1/s1. The second kappa shape index (κ2) is 8.51. The molecule has 29 heavy (non-hydrogen) atoms. The van der Waals surface area contributed by atoms with Crippen molar-refractivity contribution in [2.24, 2.45) is 5.92 Å². The number of ether oxygens (including phenoxy) is 4. The molecule has 0 spiro atoms. The van der Waals surface area contributed by atoms with Gasteiger partial charge in [-0.1, -0.05) is 11.6 Å². The minimum Gasteiger partial charge on any atom is -0.497 e. The van der Waals surface area contributed by atoms with Crippen LogP contribution in [0.25, 0.3) is 11.1 Å². The van der Waals surface area contributed by atoms with E-state index in [1.807, 2.05) is 24.3 Å². The number of fused-ring (bicyclic) bond motifs is 1. The molecule has 0 unspecified atom stereocenters. The molecule has 2 aromatic rings. The van der Waals surface area contributed by atoms with E-state index in [0.29, 0.717) is 37.0 Å². The van der Waals surface area contributed by atoms with Crippen molar-refractivity contribution in [3.05, 3.63) is 40.9 Å². The Bertz CT molecular complexity index is 910. The Morgan fingerprint density at radius 3 is 2.83 bits per heavy atom. The third-order valence-electron chi connectivity index (χ3n) is 5.37. The molecule has 0 aliphatic carbocycles. The van der Waals surface area contributed by atoms with Crippen molar-refractivity contribution < 1.29 is 23.7 Å². The van der Waals surface area contributed by atoms with Gasteiger partial charge in [0.1, 0.15) is 23.4 Å². The van der Waals surface area contributed by atoms with E-state index < -0.39 is 0 Å². The van der Waals surface area contributed by atoms with Gasteiger partial charge < -0.3 is 24.3 Å². The van der Waals surface area contributed by atoms with Crippen LogP contribution in [0.3, 0.4) is 0 Å². The van der Waals surface area contributed by atoms with Crippen LogP contribution in [0, 0.1) is 5.92 Å². The molecule has 1 amide bonds. The van der Waals surface area contributed by atoms with Gasteiger partial charge in [-0.2, -0.15) is 0 Å². The molecule has 2 aliphatic heterocycles. The van der Waals surface area contributed by atoms with Gasteiger partial charge >= 0.3 is 0 Å². The average Bonchev–Trinajstić information content (AvgIpc) is 3.41. The smallest absolute Gasteiger partial charge is 0.225 e. The highest BCUT2D eigenvalue weighted by Crippen LogP contribution is 2.42. The first kappa shape index (κ1) is 19.9. The molecule has 154 valence electrons. The highest BCUT2D eigenvalue weighted by atomic mass is 35.5. The number of methoxy groups -OCH3 is 2. The maximum atomic E-state index is 12.2. The summed E-state index contributed by atoms with van der Waals surface area (Å²) >= 11 is 6.52. The van der Waals surface area contributed by atoms with Gasteiger partial charge in [0.2, 0.25) is 5.91 Å². The van der Waals surface area contributed by atoms with Crippen LogP contribution < -0.4 is 19.5 Å². The predicted molar refractivity (Wildman–Crippen MR) is 110 cm³/mol. The van der Waals surface area contributed by atoms with Crippen LogP contribution in [0.15, 0.2) is 30.3 Å². The molecule has 0 bridgehead atoms. The molecule has 0 aromatic heterocycles. The van der Waals surface area contributed by atoms with Crippen molar-refractivity contribution in [2.45, 2.75) is 18.9 Å². The van der Waals surface area contributed by atoms with Crippen LogP contribution in [0.1, 0.15) is 12.0 Å². The normalized spacial score (nSPS) is 20.1. The Labute approximate surface area is 175 Å². The second-order valence-electron chi connectivity index (χ2n) is 7.26. The minimum atomic E-state index is -0.142. The van der Waals surface area contributed by atoms with Crippen LogP contribution in [-0.4, -0.2) is 46.0 Å². The molecule has 1 fully saturated rings. The topological polar surface area (TPSA) is 66.0 Å². The molecular formula is C22H24ClNO5. The molecule has 2 atom stereocenters. The summed E-state index contributed by atoms with van der Waals surface area (Å²) in [5.74, 6) is 2.12. The van der Waals surface area contributed by atoms with E-state index in [1.165, 1.54) is 0 Å². The highest BCUT2D eigenvalue weighted by molar-refractivity contribution is 6.32. The lowest BCUT2D eigenvalue weighted by molar-refractivity contribution is -0.125. The number of carbonyl (C=O) groups is 1. The third-order valence-corrected chi connectivity index (χ3v) is 5.66. The van der Waals surface area contributed by atoms with E-state index in [2.05, 4.69) is 11.4 Å². The van der Waals surface area contributed by atoms with Gasteiger partial charge in [0.15, 0.2) is 0 Å². The molecule has 2 heterocycles. The maximum Gasteiger partial charge on any atom is 0.225 e. The van der Waals surface area contributed by atoms with Crippen molar-refractivity contribution in [1.29, 1.82) is 0 Å². The number of halogens is 1. The zero-order chi connectivity index (χ0) is 20.4. The zero-order valence-electron chi connectivity index (χ0n) is 16.5. The molecule has 4 rings (SSSR count). The summed E-state index contributed by atoms with van der Waals surface area (Å²) in [5, 5.41) is 3.52. The van der Waals surface area contributed by atoms with E-state index in [1.54, 1.807) is 14.2 Å². The quantitative estimate of drug-likeness (QED) is 0.779. The van der Waals surface area contributed by atoms with Gasteiger partial charge in [0, 0.05) is 24.2 Å². The fourth-order valence-corrected chi connectivity index (χ4v) is 4.08. The Hall–Kier alpha value is -2.44. The van der Waals surface area contributed by atoms with Gasteiger partial charge in [-0.25, -0.2) is 0 Å². The van der Waals surface area contributed by atoms with E-state index in [-0.39, 0.29) is 17.9 Å². The first-order valence-electron chi connectivity index (χ1n) is 9.66. The molecule has 1 N–H and O–H groups in total. The zero-order valence-corrected chi connectivity index (χ0v) is 17.3. The number of carbonyl (C=O) groups excluding carboxylic acids is 1. The summed E-state index contributed by atoms with van der Waals surface area (Å²) in [6.07, 6.45) is 1.31. The van der Waals surface area contributed by atoms with Crippen LogP contribution >= 0.6 is 11.6 Å².